The van der Waals surface area contributed by atoms with E-state index in [1.165, 1.54) is 38.9 Å². The van der Waals surface area contributed by atoms with Gasteiger partial charge in [-0.05, 0) is 31.7 Å². The predicted molar refractivity (Wildman–Crippen MR) is 56.5 cm³/mol. The summed E-state index contributed by atoms with van der Waals surface area (Å²) in [5.74, 6) is 0.851. The third kappa shape index (κ3) is 3.23. The molecular formula is C11H21N2O. The highest BCUT2D eigenvalue weighted by Gasteiger charge is 2.16. The number of hydrogen-bond acceptors (Lipinski definition) is 2. The normalized spacial score (nSPS) is 29.6. The van der Waals surface area contributed by atoms with Crippen LogP contribution in [-0.2, 0) is 4.74 Å². The van der Waals surface area contributed by atoms with E-state index >= 15 is 0 Å². The molecule has 0 spiro atoms. The summed E-state index contributed by atoms with van der Waals surface area (Å²) in [5, 5.41) is 4.35. The molecule has 3 heteroatoms. The SMILES string of the molecule is C(CC1CCOC1)CN1CC[N]CC1. The number of piperazine rings is 1. The zero-order chi connectivity index (χ0) is 9.64. The van der Waals surface area contributed by atoms with Crippen LogP contribution in [0.2, 0.25) is 0 Å². The molecule has 1 atom stereocenters. The molecule has 0 aromatic rings. The molecule has 1 radical (unpaired) electrons. The van der Waals surface area contributed by atoms with Crippen molar-refractivity contribution >= 4 is 0 Å². The lowest BCUT2D eigenvalue weighted by Crippen LogP contribution is -2.40. The standard InChI is InChI=1S/C11H21N2O/c1(2-11-3-9-14-10-11)6-13-7-4-12-5-8-13/h11H,1-10H2. The second kappa shape index (κ2) is 5.69. The van der Waals surface area contributed by atoms with Crippen LogP contribution in [0.5, 0.6) is 0 Å². The van der Waals surface area contributed by atoms with Gasteiger partial charge in [0.1, 0.15) is 0 Å². The molecule has 0 aromatic carbocycles. The van der Waals surface area contributed by atoms with Gasteiger partial charge in [0, 0.05) is 39.4 Å². The van der Waals surface area contributed by atoms with Crippen LogP contribution in [0.15, 0.2) is 0 Å². The van der Waals surface area contributed by atoms with E-state index in [1.54, 1.807) is 0 Å². The van der Waals surface area contributed by atoms with Crippen LogP contribution in [0.4, 0.5) is 0 Å². The van der Waals surface area contributed by atoms with Crippen molar-refractivity contribution in [3.8, 4) is 0 Å². The topological polar surface area (TPSA) is 26.6 Å². The van der Waals surface area contributed by atoms with Crippen molar-refractivity contribution in [3.63, 3.8) is 0 Å². The van der Waals surface area contributed by atoms with E-state index in [0.717, 1.165) is 32.2 Å². The third-order valence-corrected chi connectivity index (χ3v) is 3.26. The second-order valence-electron chi connectivity index (χ2n) is 4.38. The van der Waals surface area contributed by atoms with Crippen molar-refractivity contribution in [1.82, 2.24) is 10.2 Å². The molecule has 0 amide bonds. The minimum Gasteiger partial charge on any atom is -0.381 e. The van der Waals surface area contributed by atoms with Crippen molar-refractivity contribution in [2.24, 2.45) is 5.92 Å². The second-order valence-corrected chi connectivity index (χ2v) is 4.38. The molecule has 3 nitrogen and oxygen atoms in total. The van der Waals surface area contributed by atoms with Gasteiger partial charge in [0.25, 0.3) is 0 Å². The lowest BCUT2D eigenvalue weighted by Gasteiger charge is -2.26. The molecule has 81 valence electrons. The summed E-state index contributed by atoms with van der Waals surface area (Å²) in [5.41, 5.74) is 0. The Morgan fingerprint density at radius 1 is 1.29 bits per heavy atom. The zero-order valence-electron chi connectivity index (χ0n) is 8.95. The fraction of sp³-hybridized carbons (Fsp3) is 1.00. The Hall–Kier alpha value is -0.120. The van der Waals surface area contributed by atoms with E-state index in [0.29, 0.717) is 0 Å². The first-order valence-electron chi connectivity index (χ1n) is 5.88. The van der Waals surface area contributed by atoms with Crippen LogP contribution >= 0.6 is 0 Å². The first-order valence-corrected chi connectivity index (χ1v) is 5.88. The van der Waals surface area contributed by atoms with Gasteiger partial charge in [-0.25, -0.2) is 5.32 Å². The number of nitrogens with zero attached hydrogens (tertiary/aromatic N) is 2. The molecule has 14 heavy (non-hydrogen) atoms. The van der Waals surface area contributed by atoms with Gasteiger partial charge in [0.2, 0.25) is 0 Å². The molecule has 2 heterocycles. The summed E-state index contributed by atoms with van der Waals surface area (Å²) in [6, 6.07) is 0. The van der Waals surface area contributed by atoms with Gasteiger partial charge >= 0.3 is 0 Å². The molecule has 2 rings (SSSR count). The van der Waals surface area contributed by atoms with Gasteiger partial charge in [-0.3, -0.25) is 0 Å². The predicted octanol–water partition coefficient (Wildman–Crippen LogP) is 0.723. The van der Waals surface area contributed by atoms with Gasteiger partial charge in [-0.2, -0.15) is 0 Å². The van der Waals surface area contributed by atoms with Gasteiger partial charge < -0.3 is 9.64 Å². The minimum atomic E-state index is 0.851. The average molecular weight is 197 g/mol. The molecule has 0 aromatic heterocycles. The van der Waals surface area contributed by atoms with Gasteiger partial charge in [0.05, 0.1) is 0 Å². The molecular weight excluding hydrogens is 176 g/mol. The van der Waals surface area contributed by atoms with E-state index < -0.39 is 0 Å². The van der Waals surface area contributed by atoms with Crippen LogP contribution in [-0.4, -0.2) is 50.8 Å². The van der Waals surface area contributed by atoms with Crippen LogP contribution < -0.4 is 5.32 Å². The summed E-state index contributed by atoms with van der Waals surface area (Å²) >= 11 is 0. The fourth-order valence-corrected chi connectivity index (χ4v) is 2.29. The van der Waals surface area contributed by atoms with Crippen LogP contribution in [0.3, 0.4) is 0 Å². The number of hydrogen-bond donors (Lipinski definition) is 0. The monoisotopic (exact) mass is 197 g/mol. The first-order chi connectivity index (χ1) is 6.95. The van der Waals surface area contributed by atoms with Gasteiger partial charge in [-0.1, -0.05) is 0 Å². The van der Waals surface area contributed by atoms with Crippen LogP contribution in [0.25, 0.3) is 0 Å². The minimum absolute atomic E-state index is 0.851. The summed E-state index contributed by atoms with van der Waals surface area (Å²) < 4.78 is 5.37. The summed E-state index contributed by atoms with van der Waals surface area (Å²) in [7, 11) is 0. The van der Waals surface area contributed by atoms with E-state index in [-0.39, 0.29) is 0 Å². The quantitative estimate of drug-likeness (QED) is 0.664. The third-order valence-electron chi connectivity index (χ3n) is 3.26. The molecule has 2 fully saturated rings. The Kier molecular flexibility index (Phi) is 4.22. The van der Waals surface area contributed by atoms with Gasteiger partial charge in [0.15, 0.2) is 0 Å². The maximum absolute atomic E-state index is 5.37. The van der Waals surface area contributed by atoms with Crippen molar-refractivity contribution in [3.05, 3.63) is 0 Å². The Balaban J connectivity index is 1.52. The fourth-order valence-electron chi connectivity index (χ4n) is 2.29. The van der Waals surface area contributed by atoms with Crippen molar-refractivity contribution in [2.75, 3.05) is 45.9 Å². The lowest BCUT2D eigenvalue weighted by atomic mass is 10.0. The van der Waals surface area contributed by atoms with E-state index in [4.69, 9.17) is 4.74 Å². The molecule has 0 N–H and O–H groups in total. The molecule has 1 unspecified atom stereocenters. The molecule has 2 aliphatic rings. The van der Waals surface area contributed by atoms with Crippen molar-refractivity contribution in [2.45, 2.75) is 19.3 Å². The van der Waals surface area contributed by atoms with Crippen LogP contribution in [0.1, 0.15) is 19.3 Å². The Morgan fingerprint density at radius 3 is 2.86 bits per heavy atom. The lowest BCUT2D eigenvalue weighted by molar-refractivity contribution is 0.180. The molecule has 0 saturated carbocycles. The maximum Gasteiger partial charge on any atom is 0.0495 e. The van der Waals surface area contributed by atoms with Crippen molar-refractivity contribution < 1.29 is 4.74 Å². The van der Waals surface area contributed by atoms with Crippen LogP contribution in [0, 0.1) is 5.92 Å². The summed E-state index contributed by atoms with van der Waals surface area (Å²) in [6.45, 7) is 7.73. The highest BCUT2D eigenvalue weighted by atomic mass is 16.5. The number of rotatable bonds is 4. The largest absolute Gasteiger partial charge is 0.381 e. The first kappa shape index (κ1) is 10.4. The number of ether oxygens (including phenoxy) is 1. The van der Waals surface area contributed by atoms with E-state index in [9.17, 15) is 0 Å². The molecule has 2 aliphatic heterocycles. The molecule has 0 bridgehead atoms. The summed E-state index contributed by atoms with van der Waals surface area (Å²) in [6.07, 6.45) is 3.98. The highest BCUT2D eigenvalue weighted by Crippen LogP contribution is 2.18. The Labute approximate surface area is 86.8 Å². The molecule has 2 saturated heterocycles. The molecule has 0 aliphatic carbocycles. The highest BCUT2D eigenvalue weighted by molar-refractivity contribution is 4.69. The maximum atomic E-state index is 5.37. The summed E-state index contributed by atoms with van der Waals surface area (Å²) in [4.78, 5) is 2.54. The van der Waals surface area contributed by atoms with E-state index in [2.05, 4.69) is 10.2 Å². The van der Waals surface area contributed by atoms with Gasteiger partial charge in [-0.15, -0.1) is 0 Å². The Morgan fingerprint density at radius 2 is 2.14 bits per heavy atom. The smallest absolute Gasteiger partial charge is 0.0495 e. The zero-order valence-corrected chi connectivity index (χ0v) is 8.95. The van der Waals surface area contributed by atoms with E-state index in [1.807, 2.05) is 0 Å². The average Bonchev–Trinajstić information content (AvgIpc) is 2.72. The Bertz CT molecular complexity index is 151. The van der Waals surface area contributed by atoms with Crippen molar-refractivity contribution in [1.29, 1.82) is 0 Å².